The topological polar surface area (TPSA) is 118 Å². The third-order valence-corrected chi connectivity index (χ3v) is 5.94. The molecule has 0 aliphatic carbocycles. The van der Waals surface area contributed by atoms with Gasteiger partial charge in [-0.1, -0.05) is 11.6 Å². The molecule has 0 bridgehead atoms. The first-order valence-corrected chi connectivity index (χ1v) is 10.6. The van der Waals surface area contributed by atoms with Gasteiger partial charge >= 0.3 is 0 Å². The molecule has 1 atom stereocenters. The normalized spacial score (nSPS) is 19.6. The molecular formula is C19H18ClFN2O5S. The number of ketones is 1. The lowest BCUT2D eigenvalue weighted by Crippen LogP contribution is -2.47. The molecule has 0 aromatic heterocycles. The number of benzene rings is 2. The predicted molar refractivity (Wildman–Crippen MR) is 104 cm³/mol. The minimum atomic E-state index is -3.88. The summed E-state index contributed by atoms with van der Waals surface area (Å²) >= 11 is 5.79. The van der Waals surface area contributed by atoms with Crippen molar-refractivity contribution >= 4 is 39.0 Å². The number of nitrogens with two attached hydrogens (primary N) is 1. The minimum Gasteiger partial charge on any atom is -0.373 e. The first kappa shape index (κ1) is 21.4. The highest BCUT2D eigenvalue weighted by Gasteiger charge is 2.50. The second kappa shape index (κ2) is 7.83. The molecule has 2 aromatic carbocycles. The number of sulfonamides is 1. The standard InChI is InChI=1S/C19H18ClFN2O5S/c20-13-9-12(10-14(21)11-13)1-6-17(24)19(26)7-8-23(18(19)25)15-2-4-16(5-3-15)29(22,27)28/h2-5,9-11,26H,1,6-8H2,(H2,22,27,28)/t19-/m0/s1. The number of primary sulfonamides is 1. The molecule has 0 unspecified atom stereocenters. The molecule has 10 heteroatoms. The Morgan fingerprint density at radius 3 is 2.48 bits per heavy atom. The van der Waals surface area contributed by atoms with Crippen LogP contribution >= 0.6 is 11.6 Å². The monoisotopic (exact) mass is 440 g/mol. The maximum absolute atomic E-state index is 13.4. The summed E-state index contributed by atoms with van der Waals surface area (Å²) in [6.07, 6.45) is -0.152. The van der Waals surface area contributed by atoms with E-state index in [1.807, 2.05) is 0 Å². The summed E-state index contributed by atoms with van der Waals surface area (Å²) in [4.78, 5) is 26.4. The number of Topliss-reactive ketones (excluding diaryl/α,β-unsaturated/α-hetero) is 1. The van der Waals surface area contributed by atoms with Crippen LogP contribution < -0.4 is 10.0 Å². The molecule has 154 valence electrons. The third-order valence-electron chi connectivity index (χ3n) is 4.80. The van der Waals surface area contributed by atoms with E-state index in [0.717, 1.165) is 6.07 Å². The molecule has 0 spiro atoms. The van der Waals surface area contributed by atoms with Crippen molar-refractivity contribution in [3.8, 4) is 0 Å². The van der Waals surface area contributed by atoms with Gasteiger partial charge in [-0.05, 0) is 54.4 Å². The Balaban J connectivity index is 1.72. The Kier molecular flexibility index (Phi) is 5.77. The van der Waals surface area contributed by atoms with Crippen LogP contribution in [0.1, 0.15) is 18.4 Å². The molecule has 3 N–H and O–H groups in total. The fourth-order valence-electron chi connectivity index (χ4n) is 3.25. The number of hydrogen-bond donors (Lipinski definition) is 2. The highest BCUT2D eigenvalue weighted by molar-refractivity contribution is 7.89. The second-order valence-electron chi connectivity index (χ2n) is 6.81. The Bertz CT molecular complexity index is 1050. The number of carbonyl (C=O) groups is 2. The second-order valence-corrected chi connectivity index (χ2v) is 8.80. The zero-order valence-electron chi connectivity index (χ0n) is 15.1. The van der Waals surface area contributed by atoms with E-state index >= 15 is 0 Å². The summed E-state index contributed by atoms with van der Waals surface area (Å²) in [6, 6.07) is 9.12. The van der Waals surface area contributed by atoms with Gasteiger partial charge in [0.1, 0.15) is 5.82 Å². The number of amides is 1. The molecule has 7 nitrogen and oxygen atoms in total. The van der Waals surface area contributed by atoms with E-state index in [9.17, 15) is 27.5 Å². The largest absolute Gasteiger partial charge is 0.373 e. The van der Waals surface area contributed by atoms with Gasteiger partial charge in [0.2, 0.25) is 15.6 Å². The van der Waals surface area contributed by atoms with Crippen LogP contribution in [0.4, 0.5) is 10.1 Å². The lowest BCUT2D eigenvalue weighted by atomic mass is 9.92. The quantitative estimate of drug-likeness (QED) is 0.664. The zero-order chi connectivity index (χ0) is 21.4. The molecular weight excluding hydrogens is 423 g/mol. The summed E-state index contributed by atoms with van der Waals surface area (Å²) < 4.78 is 36.1. The average Bonchev–Trinajstić information content (AvgIpc) is 2.94. The molecule has 29 heavy (non-hydrogen) atoms. The van der Waals surface area contributed by atoms with E-state index in [1.165, 1.54) is 41.3 Å². The maximum Gasteiger partial charge on any atom is 0.266 e. The maximum atomic E-state index is 13.4. The van der Waals surface area contributed by atoms with E-state index in [0.29, 0.717) is 11.3 Å². The van der Waals surface area contributed by atoms with Crippen LogP contribution in [-0.4, -0.2) is 37.4 Å². The Labute approximate surface area is 171 Å². The van der Waals surface area contributed by atoms with E-state index in [1.54, 1.807) is 0 Å². The van der Waals surface area contributed by atoms with Crippen LogP contribution in [-0.2, 0) is 26.0 Å². The van der Waals surface area contributed by atoms with Gasteiger partial charge < -0.3 is 10.0 Å². The van der Waals surface area contributed by atoms with Crippen molar-refractivity contribution in [2.24, 2.45) is 5.14 Å². The highest BCUT2D eigenvalue weighted by Crippen LogP contribution is 2.31. The molecule has 0 radical (unpaired) electrons. The summed E-state index contributed by atoms with van der Waals surface area (Å²) in [5.41, 5.74) is -1.37. The van der Waals surface area contributed by atoms with Crippen molar-refractivity contribution in [2.45, 2.75) is 29.8 Å². The van der Waals surface area contributed by atoms with Gasteiger partial charge in [-0.2, -0.15) is 0 Å². The van der Waals surface area contributed by atoms with Crippen LogP contribution in [0.2, 0.25) is 5.02 Å². The third kappa shape index (κ3) is 4.48. The number of carbonyl (C=O) groups excluding carboxylic acids is 2. The smallest absolute Gasteiger partial charge is 0.266 e. The molecule has 1 fully saturated rings. The zero-order valence-corrected chi connectivity index (χ0v) is 16.7. The molecule has 1 saturated heterocycles. The fraction of sp³-hybridized carbons (Fsp3) is 0.263. The number of anilines is 1. The fourth-order valence-corrected chi connectivity index (χ4v) is 4.01. The summed E-state index contributed by atoms with van der Waals surface area (Å²) in [6.45, 7) is 0.0849. The number of nitrogens with zero attached hydrogens (tertiary/aromatic N) is 1. The molecule has 2 aromatic rings. The van der Waals surface area contributed by atoms with E-state index in [2.05, 4.69) is 0 Å². The van der Waals surface area contributed by atoms with Gasteiger partial charge in [0, 0.05) is 30.1 Å². The van der Waals surface area contributed by atoms with Crippen molar-refractivity contribution in [2.75, 3.05) is 11.4 Å². The summed E-state index contributed by atoms with van der Waals surface area (Å²) in [5, 5.41) is 15.9. The van der Waals surface area contributed by atoms with Gasteiger partial charge in [-0.15, -0.1) is 0 Å². The van der Waals surface area contributed by atoms with Crippen LogP contribution in [0.25, 0.3) is 0 Å². The van der Waals surface area contributed by atoms with E-state index in [-0.39, 0.29) is 35.7 Å². The van der Waals surface area contributed by atoms with E-state index < -0.39 is 33.1 Å². The van der Waals surface area contributed by atoms with Gasteiger partial charge in [-0.25, -0.2) is 17.9 Å². The Morgan fingerprint density at radius 1 is 1.24 bits per heavy atom. The van der Waals surface area contributed by atoms with Crippen LogP contribution in [0.15, 0.2) is 47.4 Å². The number of rotatable bonds is 6. The van der Waals surface area contributed by atoms with Gasteiger partial charge in [0.15, 0.2) is 5.78 Å². The molecule has 1 aliphatic heterocycles. The van der Waals surface area contributed by atoms with Gasteiger partial charge in [0.25, 0.3) is 5.91 Å². The van der Waals surface area contributed by atoms with Crippen molar-refractivity contribution in [3.63, 3.8) is 0 Å². The first-order chi connectivity index (χ1) is 13.5. The predicted octanol–water partition coefficient (Wildman–Crippen LogP) is 1.80. The Morgan fingerprint density at radius 2 is 1.90 bits per heavy atom. The average molecular weight is 441 g/mol. The Hall–Kier alpha value is -2.33. The minimum absolute atomic E-state index is 0.0849. The molecule has 1 amide bonds. The molecule has 0 saturated carbocycles. The SMILES string of the molecule is NS(=O)(=O)c1ccc(N2CC[C@](O)(C(=O)CCc3cc(F)cc(Cl)c3)C2=O)cc1. The summed E-state index contributed by atoms with van der Waals surface area (Å²) in [5.74, 6) is -2.00. The molecule has 3 rings (SSSR count). The number of hydrogen-bond acceptors (Lipinski definition) is 5. The lowest BCUT2D eigenvalue weighted by Gasteiger charge is -2.21. The molecule has 1 aliphatic rings. The lowest BCUT2D eigenvalue weighted by molar-refractivity contribution is -0.147. The first-order valence-electron chi connectivity index (χ1n) is 8.66. The van der Waals surface area contributed by atoms with E-state index in [4.69, 9.17) is 16.7 Å². The summed E-state index contributed by atoms with van der Waals surface area (Å²) in [7, 11) is -3.88. The highest BCUT2D eigenvalue weighted by atomic mass is 35.5. The van der Waals surface area contributed by atoms with Crippen LogP contribution in [0.3, 0.4) is 0 Å². The van der Waals surface area contributed by atoms with Crippen LogP contribution in [0, 0.1) is 5.82 Å². The van der Waals surface area contributed by atoms with Crippen molar-refractivity contribution in [1.29, 1.82) is 0 Å². The van der Waals surface area contributed by atoms with Crippen molar-refractivity contribution in [1.82, 2.24) is 0 Å². The molecule has 1 heterocycles. The number of aliphatic hydroxyl groups is 1. The number of aryl methyl sites for hydroxylation is 1. The van der Waals surface area contributed by atoms with Crippen molar-refractivity contribution < 1.29 is 27.5 Å². The number of halogens is 2. The van der Waals surface area contributed by atoms with Gasteiger partial charge in [-0.3, -0.25) is 9.59 Å². The van der Waals surface area contributed by atoms with Crippen LogP contribution in [0.5, 0.6) is 0 Å². The van der Waals surface area contributed by atoms with Crippen molar-refractivity contribution in [3.05, 3.63) is 58.9 Å². The van der Waals surface area contributed by atoms with Gasteiger partial charge in [0.05, 0.1) is 4.90 Å².